The van der Waals surface area contributed by atoms with Crippen LogP contribution >= 0.6 is 11.3 Å². The van der Waals surface area contributed by atoms with Gasteiger partial charge in [-0.3, -0.25) is 4.99 Å². The lowest BCUT2D eigenvalue weighted by Crippen LogP contribution is -2.37. The summed E-state index contributed by atoms with van der Waals surface area (Å²) in [5.41, 5.74) is 1.10. The lowest BCUT2D eigenvalue weighted by atomic mass is 10.4. The zero-order valence-electron chi connectivity index (χ0n) is 12.8. The highest BCUT2D eigenvalue weighted by Crippen LogP contribution is 2.16. The molecule has 0 aliphatic heterocycles. The molecule has 0 spiro atoms. The molecule has 6 nitrogen and oxygen atoms in total. The predicted octanol–water partition coefficient (Wildman–Crippen LogP) is 1.71. The van der Waals surface area contributed by atoms with Crippen LogP contribution in [0.25, 0.3) is 0 Å². The zero-order chi connectivity index (χ0) is 15.1. The Morgan fingerprint density at radius 2 is 2.24 bits per heavy atom. The van der Waals surface area contributed by atoms with Crippen LogP contribution in [0.5, 0.6) is 0 Å². The average Bonchev–Trinajstić information content (AvgIpc) is 3.08. The Morgan fingerprint density at radius 3 is 2.86 bits per heavy atom. The summed E-state index contributed by atoms with van der Waals surface area (Å²) >= 11 is 1.73. The Kier molecular flexibility index (Phi) is 5.74. The number of aliphatic imine (C=N–C) groups is 1. The van der Waals surface area contributed by atoms with Crippen LogP contribution in [0.15, 0.2) is 23.7 Å². The minimum Gasteiger partial charge on any atom is -0.356 e. The quantitative estimate of drug-likeness (QED) is 0.484. The van der Waals surface area contributed by atoms with Crippen LogP contribution in [0.1, 0.15) is 22.0 Å². The first-order chi connectivity index (χ1) is 10.2. The monoisotopic (exact) mass is 306 g/mol. The smallest absolute Gasteiger partial charge is 0.191 e. The van der Waals surface area contributed by atoms with Crippen LogP contribution in [0.3, 0.4) is 0 Å². The van der Waals surface area contributed by atoms with Gasteiger partial charge in [0.05, 0.1) is 23.6 Å². The standard InChI is InChI=1S/C14H22N6S/c1-11-13(21-12(2)19-11)9-18-14(15-3)17-5-4-7-20-8-6-16-10-20/h6,8,10H,4-5,7,9H2,1-3H3,(H2,15,17,18). The molecule has 0 saturated carbocycles. The first-order valence-electron chi connectivity index (χ1n) is 7.02. The molecule has 0 fully saturated rings. The van der Waals surface area contributed by atoms with Crippen LogP contribution < -0.4 is 10.6 Å². The van der Waals surface area contributed by atoms with Crippen molar-refractivity contribution >= 4 is 17.3 Å². The first kappa shape index (κ1) is 15.5. The van der Waals surface area contributed by atoms with E-state index >= 15 is 0 Å². The van der Waals surface area contributed by atoms with Crippen molar-refractivity contribution in [3.63, 3.8) is 0 Å². The maximum atomic E-state index is 4.43. The predicted molar refractivity (Wildman–Crippen MR) is 86.6 cm³/mol. The van der Waals surface area contributed by atoms with Crippen molar-refractivity contribution in [2.75, 3.05) is 13.6 Å². The number of rotatable bonds is 6. The van der Waals surface area contributed by atoms with Crippen LogP contribution in [0.4, 0.5) is 0 Å². The van der Waals surface area contributed by atoms with Gasteiger partial charge in [0, 0.05) is 37.4 Å². The lowest BCUT2D eigenvalue weighted by Gasteiger charge is -2.11. The van der Waals surface area contributed by atoms with Gasteiger partial charge >= 0.3 is 0 Å². The minimum atomic E-state index is 0.762. The van der Waals surface area contributed by atoms with Gasteiger partial charge in [0.15, 0.2) is 5.96 Å². The van der Waals surface area contributed by atoms with Crippen molar-refractivity contribution < 1.29 is 0 Å². The van der Waals surface area contributed by atoms with Gasteiger partial charge in [0.2, 0.25) is 0 Å². The number of nitrogens with zero attached hydrogens (tertiary/aromatic N) is 4. The highest BCUT2D eigenvalue weighted by molar-refractivity contribution is 7.11. The van der Waals surface area contributed by atoms with Crippen molar-refractivity contribution in [3.8, 4) is 0 Å². The maximum absolute atomic E-state index is 4.43. The molecule has 7 heteroatoms. The third kappa shape index (κ3) is 4.86. The number of aryl methyl sites for hydroxylation is 3. The second-order valence-electron chi connectivity index (χ2n) is 4.75. The Bertz CT molecular complexity index is 572. The van der Waals surface area contributed by atoms with Crippen molar-refractivity contribution in [1.29, 1.82) is 0 Å². The molecule has 0 radical (unpaired) electrons. The largest absolute Gasteiger partial charge is 0.356 e. The van der Waals surface area contributed by atoms with Gasteiger partial charge in [0.1, 0.15) is 0 Å². The average molecular weight is 306 g/mol. The fraction of sp³-hybridized carbons (Fsp3) is 0.500. The molecule has 114 valence electrons. The number of guanidine groups is 1. The molecule has 0 amide bonds. The van der Waals surface area contributed by atoms with Crippen LogP contribution in [0, 0.1) is 13.8 Å². The SMILES string of the molecule is CN=C(NCCCn1ccnc1)NCc1sc(C)nc1C. The summed E-state index contributed by atoms with van der Waals surface area (Å²) < 4.78 is 2.07. The first-order valence-corrected chi connectivity index (χ1v) is 7.84. The third-order valence-corrected chi connectivity index (χ3v) is 4.16. The summed E-state index contributed by atoms with van der Waals surface area (Å²) in [6.07, 6.45) is 6.63. The fourth-order valence-electron chi connectivity index (χ4n) is 2.01. The Balaban J connectivity index is 1.69. The van der Waals surface area contributed by atoms with E-state index in [-0.39, 0.29) is 0 Å². The molecule has 2 aromatic heterocycles. The molecule has 0 aromatic carbocycles. The molecule has 0 unspecified atom stereocenters. The van der Waals surface area contributed by atoms with E-state index in [9.17, 15) is 0 Å². The van der Waals surface area contributed by atoms with Gasteiger partial charge in [-0.15, -0.1) is 11.3 Å². The lowest BCUT2D eigenvalue weighted by molar-refractivity contribution is 0.624. The number of imidazole rings is 1. The number of thiazole rings is 1. The second kappa shape index (κ2) is 7.78. The van der Waals surface area contributed by atoms with Gasteiger partial charge in [0.25, 0.3) is 0 Å². The molecule has 21 heavy (non-hydrogen) atoms. The number of nitrogens with one attached hydrogen (secondary N) is 2. The molecular formula is C14H22N6S. The van der Waals surface area contributed by atoms with Crippen molar-refractivity contribution in [2.45, 2.75) is 33.4 Å². The molecule has 0 atom stereocenters. The van der Waals surface area contributed by atoms with E-state index in [2.05, 4.69) is 30.2 Å². The van der Waals surface area contributed by atoms with Gasteiger partial charge in [-0.2, -0.15) is 0 Å². The normalized spacial score (nSPS) is 11.7. The molecule has 0 aliphatic rings. The Hall–Kier alpha value is -1.89. The van der Waals surface area contributed by atoms with Crippen LogP contribution in [-0.2, 0) is 13.1 Å². The fourth-order valence-corrected chi connectivity index (χ4v) is 2.89. The van der Waals surface area contributed by atoms with Crippen molar-refractivity contribution in [1.82, 2.24) is 25.2 Å². The second-order valence-corrected chi connectivity index (χ2v) is 6.04. The minimum absolute atomic E-state index is 0.762. The third-order valence-electron chi connectivity index (χ3n) is 3.08. The van der Waals surface area contributed by atoms with Gasteiger partial charge in [-0.1, -0.05) is 0 Å². The summed E-state index contributed by atoms with van der Waals surface area (Å²) in [4.78, 5) is 13.9. The molecule has 0 bridgehead atoms. The zero-order valence-corrected chi connectivity index (χ0v) is 13.6. The number of hydrogen-bond acceptors (Lipinski definition) is 4. The topological polar surface area (TPSA) is 67.1 Å². The van der Waals surface area contributed by atoms with E-state index in [1.165, 1.54) is 4.88 Å². The van der Waals surface area contributed by atoms with Crippen molar-refractivity contribution in [2.24, 2.45) is 4.99 Å². The van der Waals surface area contributed by atoms with E-state index in [1.54, 1.807) is 24.6 Å². The number of hydrogen-bond donors (Lipinski definition) is 2. The van der Waals surface area contributed by atoms with Gasteiger partial charge in [-0.25, -0.2) is 9.97 Å². The van der Waals surface area contributed by atoms with E-state index in [0.717, 1.165) is 42.7 Å². The molecule has 2 heterocycles. The van der Waals surface area contributed by atoms with Crippen LogP contribution in [0.2, 0.25) is 0 Å². The van der Waals surface area contributed by atoms with Gasteiger partial charge < -0.3 is 15.2 Å². The Labute approximate surface area is 129 Å². The molecule has 0 aliphatic carbocycles. The van der Waals surface area contributed by atoms with Crippen LogP contribution in [-0.4, -0.2) is 34.1 Å². The summed E-state index contributed by atoms with van der Waals surface area (Å²) in [6, 6.07) is 0. The molecule has 2 aromatic rings. The van der Waals surface area contributed by atoms with Crippen molar-refractivity contribution in [3.05, 3.63) is 34.3 Å². The van der Waals surface area contributed by atoms with E-state index in [0.29, 0.717) is 0 Å². The van der Waals surface area contributed by atoms with E-state index in [1.807, 2.05) is 26.4 Å². The van der Waals surface area contributed by atoms with Gasteiger partial charge in [-0.05, 0) is 20.3 Å². The van der Waals surface area contributed by atoms with E-state index < -0.39 is 0 Å². The Morgan fingerprint density at radius 1 is 1.38 bits per heavy atom. The molecule has 0 saturated heterocycles. The summed E-state index contributed by atoms with van der Waals surface area (Å²) in [5.74, 6) is 0.825. The summed E-state index contributed by atoms with van der Waals surface area (Å²) in [5, 5.41) is 7.75. The summed E-state index contributed by atoms with van der Waals surface area (Å²) in [6.45, 7) is 6.67. The highest BCUT2D eigenvalue weighted by Gasteiger charge is 2.05. The summed E-state index contributed by atoms with van der Waals surface area (Å²) in [7, 11) is 1.79. The maximum Gasteiger partial charge on any atom is 0.191 e. The number of aromatic nitrogens is 3. The highest BCUT2D eigenvalue weighted by atomic mass is 32.1. The molecular weight excluding hydrogens is 284 g/mol. The molecule has 2 rings (SSSR count). The van der Waals surface area contributed by atoms with E-state index in [4.69, 9.17) is 0 Å². The molecule has 2 N–H and O–H groups in total.